The summed E-state index contributed by atoms with van der Waals surface area (Å²) in [4.78, 5) is 9.58. The van der Waals surface area contributed by atoms with Crippen LogP contribution in [0.4, 0.5) is 5.82 Å². The first-order chi connectivity index (χ1) is 9.76. The third-order valence-electron chi connectivity index (χ3n) is 3.49. The Morgan fingerprint density at radius 3 is 2.80 bits per heavy atom. The Morgan fingerprint density at radius 2 is 2.15 bits per heavy atom. The van der Waals surface area contributed by atoms with E-state index < -0.39 is 0 Å². The van der Waals surface area contributed by atoms with Gasteiger partial charge in [-0.25, -0.2) is 9.97 Å². The molecular formula is C15H24IN3O. The van der Waals surface area contributed by atoms with Crippen LogP contribution in [0.3, 0.4) is 0 Å². The lowest BCUT2D eigenvalue weighted by molar-refractivity contribution is 0.0780. The molecule has 1 atom stereocenters. The van der Waals surface area contributed by atoms with Crippen LogP contribution in [0.1, 0.15) is 57.0 Å². The standard InChI is InChI=1S/C15H24IN3O/c1-3-6-12-13(16)15(17-8-4-2)19-14(18-12)11-7-5-9-20-10-11/h11H,3-10H2,1-2H3,(H,17,18,19). The van der Waals surface area contributed by atoms with Gasteiger partial charge in [-0.3, -0.25) is 0 Å². The molecule has 20 heavy (non-hydrogen) atoms. The molecule has 0 bridgehead atoms. The SMILES string of the molecule is CCCNc1nc(C2CCCOC2)nc(CCC)c1I. The van der Waals surface area contributed by atoms with Crippen LogP contribution < -0.4 is 5.32 Å². The van der Waals surface area contributed by atoms with E-state index >= 15 is 0 Å². The van der Waals surface area contributed by atoms with Gasteiger partial charge in [-0.1, -0.05) is 20.3 Å². The van der Waals surface area contributed by atoms with Gasteiger partial charge in [0.25, 0.3) is 0 Å². The van der Waals surface area contributed by atoms with Gasteiger partial charge >= 0.3 is 0 Å². The predicted molar refractivity (Wildman–Crippen MR) is 90.3 cm³/mol. The molecule has 2 rings (SSSR count). The van der Waals surface area contributed by atoms with E-state index in [1.165, 1.54) is 9.26 Å². The Morgan fingerprint density at radius 1 is 1.30 bits per heavy atom. The maximum Gasteiger partial charge on any atom is 0.143 e. The summed E-state index contributed by atoms with van der Waals surface area (Å²) >= 11 is 2.37. The number of nitrogens with zero attached hydrogens (tertiary/aromatic N) is 2. The molecule has 1 unspecified atom stereocenters. The third-order valence-corrected chi connectivity index (χ3v) is 4.63. The van der Waals surface area contributed by atoms with Crippen LogP contribution in [-0.2, 0) is 11.2 Å². The molecule has 5 heteroatoms. The van der Waals surface area contributed by atoms with Gasteiger partial charge < -0.3 is 10.1 Å². The molecule has 0 aliphatic carbocycles. The van der Waals surface area contributed by atoms with Crippen molar-refractivity contribution in [1.29, 1.82) is 0 Å². The average Bonchev–Trinajstić information content (AvgIpc) is 2.49. The van der Waals surface area contributed by atoms with E-state index in [2.05, 4.69) is 41.8 Å². The zero-order valence-electron chi connectivity index (χ0n) is 12.4. The number of aryl methyl sites for hydroxylation is 1. The molecule has 112 valence electrons. The second kappa shape index (κ2) is 8.12. The summed E-state index contributed by atoms with van der Waals surface area (Å²) in [6, 6.07) is 0. The Labute approximate surface area is 135 Å². The molecule has 1 aromatic rings. The van der Waals surface area contributed by atoms with E-state index in [9.17, 15) is 0 Å². The number of hydrogen-bond acceptors (Lipinski definition) is 4. The molecule has 0 aromatic carbocycles. The van der Waals surface area contributed by atoms with Crippen molar-refractivity contribution >= 4 is 28.4 Å². The quantitative estimate of drug-likeness (QED) is 0.753. The van der Waals surface area contributed by atoms with Crippen LogP contribution in [0.15, 0.2) is 0 Å². The molecular weight excluding hydrogens is 365 g/mol. The fraction of sp³-hybridized carbons (Fsp3) is 0.733. The number of hydrogen-bond donors (Lipinski definition) is 1. The first-order valence-electron chi connectivity index (χ1n) is 7.64. The van der Waals surface area contributed by atoms with Crippen LogP contribution in [0.25, 0.3) is 0 Å². The summed E-state index contributed by atoms with van der Waals surface area (Å²) in [6.07, 6.45) is 5.48. The van der Waals surface area contributed by atoms with Gasteiger partial charge in [-0.2, -0.15) is 0 Å². The molecule has 0 spiro atoms. The van der Waals surface area contributed by atoms with Crippen molar-refractivity contribution in [2.75, 3.05) is 25.1 Å². The van der Waals surface area contributed by atoms with Crippen LogP contribution >= 0.6 is 22.6 Å². The second-order valence-corrected chi connectivity index (χ2v) is 6.36. The topological polar surface area (TPSA) is 47.0 Å². The monoisotopic (exact) mass is 389 g/mol. The maximum atomic E-state index is 5.59. The summed E-state index contributed by atoms with van der Waals surface area (Å²) in [5, 5.41) is 3.44. The number of rotatable bonds is 6. The normalized spacial score (nSPS) is 19.1. The van der Waals surface area contributed by atoms with E-state index in [0.29, 0.717) is 5.92 Å². The van der Waals surface area contributed by atoms with Gasteiger partial charge in [0.2, 0.25) is 0 Å². The Hall–Kier alpha value is -0.430. The molecule has 1 aliphatic heterocycles. The zero-order chi connectivity index (χ0) is 14.4. The van der Waals surface area contributed by atoms with Crippen molar-refractivity contribution in [2.24, 2.45) is 0 Å². The first-order valence-corrected chi connectivity index (χ1v) is 8.72. The summed E-state index contributed by atoms with van der Waals surface area (Å²) in [6.45, 7) is 6.97. The largest absolute Gasteiger partial charge is 0.381 e. The smallest absolute Gasteiger partial charge is 0.143 e. The van der Waals surface area contributed by atoms with Crippen molar-refractivity contribution in [2.45, 2.75) is 51.9 Å². The van der Waals surface area contributed by atoms with Crippen LogP contribution in [0.5, 0.6) is 0 Å². The Bertz CT molecular complexity index is 433. The number of ether oxygens (including phenoxy) is 1. The highest BCUT2D eigenvalue weighted by Gasteiger charge is 2.21. The zero-order valence-corrected chi connectivity index (χ0v) is 14.6. The van der Waals surface area contributed by atoms with Crippen LogP contribution in [0, 0.1) is 3.57 Å². The van der Waals surface area contributed by atoms with E-state index in [0.717, 1.165) is 63.5 Å². The third kappa shape index (κ3) is 4.04. The summed E-state index contributed by atoms with van der Waals surface area (Å²) < 4.78 is 6.76. The number of aromatic nitrogens is 2. The van der Waals surface area contributed by atoms with Crippen molar-refractivity contribution < 1.29 is 4.74 Å². The molecule has 1 fully saturated rings. The minimum atomic E-state index is 0.360. The maximum absolute atomic E-state index is 5.59. The minimum Gasteiger partial charge on any atom is -0.381 e. The fourth-order valence-electron chi connectivity index (χ4n) is 2.40. The highest BCUT2D eigenvalue weighted by molar-refractivity contribution is 14.1. The predicted octanol–water partition coefficient (Wildman–Crippen LogP) is 3.75. The van der Waals surface area contributed by atoms with E-state index in [-0.39, 0.29) is 0 Å². The van der Waals surface area contributed by atoms with Gasteiger partial charge in [-0.15, -0.1) is 0 Å². The van der Waals surface area contributed by atoms with Gasteiger partial charge in [0.05, 0.1) is 15.9 Å². The molecule has 0 saturated carbocycles. The molecule has 0 radical (unpaired) electrons. The summed E-state index contributed by atoms with van der Waals surface area (Å²) in [5.74, 6) is 2.33. The van der Waals surface area contributed by atoms with Crippen molar-refractivity contribution in [3.63, 3.8) is 0 Å². The van der Waals surface area contributed by atoms with Gasteiger partial charge in [0.15, 0.2) is 0 Å². The Balaban J connectivity index is 2.27. The van der Waals surface area contributed by atoms with Crippen molar-refractivity contribution in [3.8, 4) is 0 Å². The summed E-state index contributed by atoms with van der Waals surface area (Å²) in [7, 11) is 0. The second-order valence-electron chi connectivity index (χ2n) is 5.28. The van der Waals surface area contributed by atoms with Crippen LogP contribution in [0.2, 0.25) is 0 Å². The lowest BCUT2D eigenvalue weighted by Gasteiger charge is -2.22. The molecule has 1 saturated heterocycles. The highest BCUT2D eigenvalue weighted by atomic mass is 127. The molecule has 1 N–H and O–H groups in total. The fourth-order valence-corrected chi connectivity index (χ4v) is 3.10. The summed E-state index contributed by atoms with van der Waals surface area (Å²) in [5.41, 5.74) is 1.18. The van der Waals surface area contributed by atoms with E-state index in [1.54, 1.807) is 0 Å². The average molecular weight is 389 g/mol. The minimum absolute atomic E-state index is 0.360. The number of halogens is 1. The first kappa shape index (κ1) is 15.9. The Kier molecular flexibility index (Phi) is 6.48. The van der Waals surface area contributed by atoms with Gasteiger partial charge in [-0.05, 0) is 48.3 Å². The molecule has 1 aliphatic rings. The van der Waals surface area contributed by atoms with Gasteiger partial charge in [0.1, 0.15) is 11.6 Å². The van der Waals surface area contributed by atoms with Crippen molar-refractivity contribution in [1.82, 2.24) is 9.97 Å². The van der Waals surface area contributed by atoms with E-state index in [4.69, 9.17) is 14.7 Å². The lowest BCUT2D eigenvalue weighted by Crippen LogP contribution is -2.20. The van der Waals surface area contributed by atoms with Gasteiger partial charge in [0, 0.05) is 19.1 Å². The van der Waals surface area contributed by atoms with Crippen LogP contribution in [-0.4, -0.2) is 29.7 Å². The number of nitrogens with one attached hydrogen (secondary N) is 1. The van der Waals surface area contributed by atoms with Crippen molar-refractivity contribution in [3.05, 3.63) is 15.1 Å². The lowest BCUT2D eigenvalue weighted by atomic mass is 10.0. The van der Waals surface area contributed by atoms with E-state index in [1.807, 2.05) is 0 Å². The molecule has 2 heterocycles. The molecule has 1 aromatic heterocycles. The highest BCUT2D eigenvalue weighted by Crippen LogP contribution is 2.27. The molecule has 4 nitrogen and oxygen atoms in total. The molecule has 0 amide bonds. The number of anilines is 1.